The van der Waals surface area contributed by atoms with E-state index in [-0.39, 0.29) is 5.57 Å². The van der Waals surface area contributed by atoms with E-state index in [1.54, 1.807) is 0 Å². The SMILES string of the molecule is C=C(C)C(=O)OC(OC)C(Cl)(Cl)Cl. The van der Waals surface area contributed by atoms with Crippen LogP contribution in [0, 0.1) is 0 Å². The van der Waals surface area contributed by atoms with Crippen molar-refractivity contribution in [3.63, 3.8) is 0 Å². The lowest BCUT2D eigenvalue weighted by Crippen LogP contribution is -2.33. The molecule has 0 aromatic rings. The molecular formula is C7H9Cl3O3. The van der Waals surface area contributed by atoms with Gasteiger partial charge in [-0.2, -0.15) is 0 Å². The average molecular weight is 248 g/mol. The third-order valence-electron chi connectivity index (χ3n) is 1.04. The van der Waals surface area contributed by atoms with Gasteiger partial charge in [0, 0.05) is 12.7 Å². The van der Waals surface area contributed by atoms with Gasteiger partial charge < -0.3 is 9.47 Å². The van der Waals surface area contributed by atoms with Gasteiger partial charge in [-0.25, -0.2) is 4.79 Å². The molecule has 1 unspecified atom stereocenters. The molecule has 0 aromatic heterocycles. The van der Waals surface area contributed by atoms with Gasteiger partial charge in [0.25, 0.3) is 10.1 Å². The van der Waals surface area contributed by atoms with Gasteiger partial charge in [0.05, 0.1) is 0 Å². The van der Waals surface area contributed by atoms with E-state index >= 15 is 0 Å². The summed E-state index contributed by atoms with van der Waals surface area (Å²) in [4.78, 5) is 11.0. The minimum absolute atomic E-state index is 0.205. The Morgan fingerprint density at radius 2 is 1.92 bits per heavy atom. The van der Waals surface area contributed by atoms with E-state index in [0.29, 0.717) is 0 Å². The maximum atomic E-state index is 11.0. The van der Waals surface area contributed by atoms with Crippen molar-refractivity contribution in [2.45, 2.75) is 17.0 Å². The van der Waals surface area contributed by atoms with E-state index in [1.165, 1.54) is 14.0 Å². The van der Waals surface area contributed by atoms with Crippen molar-refractivity contribution >= 4 is 40.8 Å². The van der Waals surface area contributed by atoms with Crippen LogP contribution in [0.25, 0.3) is 0 Å². The van der Waals surface area contributed by atoms with Gasteiger partial charge in [-0.15, -0.1) is 0 Å². The molecule has 0 aliphatic heterocycles. The Morgan fingerprint density at radius 3 is 2.15 bits per heavy atom. The summed E-state index contributed by atoms with van der Waals surface area (Å²) in [6.07, 6.45) is -1.23. The van der Waals surface area contributed by atoms with Crippen molar-refractivity contribution < 1.29 is 14.3 Å². The second kappa shape index (κ2) is 5.05. The molecule has 0 rings (SSSR count). The molecule has 13 heavy (non-hydrogen) atoms. The number of hydrogen-bond acceptors (Lipinski definition) is 3. The first-order chi connectivity index (χ1) is 5.79. The minimum atomic E-state index is -1.81. The minimum Gasteiger partial charge on any atom is -0.428 e. The maximum absolute atomic E-state index is 11.0. The predicted molar refractivity (Wildman–Crippen MR) is 52.0 cm³/mol. The number of methoxy groups -OCH3 is 1. The van der Waals surface area contributed by atoms with E-state index < -0.39 is 16.1 Å². The van der Waals surface area contributed by atoms with Crippen LogP contribution in [0.3, 0.4) is 0 Å². The summed E-state index contributed by atoms with van der Waals surface area (Å²) < 4.78 is 7.52. The van der Waals surface area contributed by atoms with Gasteiger partial charge in [0.15, 0.2) is 0 Å². The first-order valence-corrected chi connectivity index (χ1v) is 4.38. The zero-order chi connectivity index (χ0) is 10.6. The number of alkyl halides is 3. The number of halogens is 3. The highest BCUT2D eigenvalue weighted by molar-refractivity contribution is 6.68. The topological polar surface area (TPSA) is 35.5 Å². The van der Waals surface area contributed by atoms with E-state index in [9.17, 15) is 4.79 Å². The molecule has 0 radical (unpaired) electrons. The normalized spacial score (nSPS) is 13.6. The highest BCUT2D eigenvalue weighted by Crippen LogP contribution is 2.32. The summed E-state index contributed by atoms with van der Waals surface area (Å²) in [5, 5.41) is 0. The lowest BCUT2D eigenvalue weighted by atomic mass is 10.4. The summed E-state index contributed by atoms with van der Waals surface area (Å²) in [6.45, 7) is 4.84. The van der Waals surface area contributed by atoms with Crippen LogP contribution in [-0.2, 0) is 14.3 Å². The van der Waals surface area contributed by atoms with E-state index in [1.807, 2.05) is 0 Å². The van der Waals surface area contributed by atoms with Crippen LogP contribution < -0.4 is 0 Å². The van der Waals surface area contributed by atoms with Gasteiger partial charge in [-0.3, -0.25) is 0 Å². The van der Waals surface area contributed by atoms with Crippen LogP contribution in [-0.4, -0.2) is 23.2 Å². The number of esters is 1. The molecular weight excluding hydrogens is 238 g/mol. The lowest BCUT2D eigenvalue weighted by molar-refractivity contribution is -0.167. The Balaban J connectivity index is 4.31. The Bertz CT molecular complexity index is 210. The molecule has 0 heterocycles. The molecule has 1 atom stereocenters. The molecule has 0 N–H and O–H groups in total. The molecule has 0 spiro atoms. The van der Waals surface area contributed by atoms with Gasteiger partial charge in [0.2, 0.25) is 0 Å². The van der Waals surface area contributed by atoms with Gasteiger partial charge >= 0.3 is 5.97 Å². The fourth-order valence-electron chi connectivity index (χ4n) is 0.446. The molecule has 0 aliphatic rings. The summed E-state index contributed by atoms with van der Waals surface area (Å²) >= 11 is 16.3. The third-order valence-corrected chi connectivity index (χ3v) is 1.58. The van der Waals surface area contributed by atoms with Crippen molar-refractivity contribution in [1.29, 1.82) is 0 Å². The first-order valence-electron chi connectivity index (χ1n) is 3.25. The monoisotopic (exact) mass is 246 g/mol. The van der Waals surface area contributed by atoms with Crippen molar-refractivity contribution in [3.05, 3.63) is 12.2 Å². The van der Waals surface area contributed by atoms with Crippen molar-refractivity contribution in [1.82, 2.24) is 0 Å². The maximum Gasteiger partial charge on any atom is 0.335 e. The zero-order valence-electron chi connectivity index (χ0n) is 7.14. The average Bonchev–Trinajstić information content (AvgIpc) is 1.96. The standard InChI is InChI=1S/C7H9Cl3O3/c1-4(2)5(11)13-6(12-3)7(8,9)10/h6H,1H2,2-3H3. The number of hydrogen-bond donors (Lipinski definition) is 0. The predicted octanol–water partition coefficient (Wildman–Crippen LogP) is 2.45. The lowest BCUT2D eigenvalue weighted by Gasteiger charge is -2.22. The van der Waals surface area contributed by atoms with Crippen LogP contribution in [0.15, 0.2) is 12.2 Å². The fraction of sp³-hybridized carbons (Fsp3) is 0.571. The smallest absolute Gasteiger partial charge is 0.335 e. The molecule has 0 aromatic carbocycles. The Morgan fingerprint density at radius 1 is 1.46 bits per heavy atom. The Labute approximate surface area is 91.5 Å². The molecule has 76 valence electrons. The van der Waals surface area contributed by atoms with Crippen molar-refractivity contribution in [2.24, 2.45) is 0 Å². The largest absolute Gasteiger partial charge is 0.428 e. The second-order valence-corrected chi connectivity index (χ2v) is 4.66. The molecule has 0 saturated carbocycles. The number of rotatable bonds is 3. The first kappa shape index (κ1) is 13.0. The van der Waals surface area contributed by atoms with E-state index in [2.05, 4.69) is 16.1 Å². The van der Waals surface area contributed by atoms with Gasteiger partial charge in [0.1, 0.15) is 0 Å². The number of carbonyl (C=O) groups excluding carboxylic acids is 1. The molecule has 0 aliphatic carbocycles. The van der Waals surface area contributed by atoms with Crippen LogP contribution in [0.2, 0.25) is 0 Å². The number of carbonyl (C=O) groups is 1. The summed E-state index contributed by atoms with van der Waals surface area (Å²) in [7, 11) is 1.26. The summed E-state index contributed by atoms with van der Waals surface area (Å²) in [5.41, 5.74) is 0.205. The van der Waals surface area contributed by atoms with Crippen LogP contribution in [0.5, 0.6) is 0 Å². The van der Waals surface area contributed by atoms with E-state index in [0.717, 1.165) is 0 Å². The van der Waals surface area contributed by atoms with Gasteiger partial charge in [-0.05, 0) is 6.92 Å². The van der Waals surface area contributed by atoms with Crippen LogP contribution in [0.4, 0.5) is 0 Å². The van der Waals surface area contributed by atoms with E-state index in [4.69, 9.17) is 34.8 Å². The van der Waals surface area contributed by atoms with Crippen molar-refractivity contribution in [2.75, 3.05) is 7.11 Å². The van der Waals surface area contributed by atoms with Crippen molar-refractivity contribution in [3.8, 4) is 0 Å². The van der Waals surface area contributed by atoms with Gasteiger partial charge in [-0.1, -0.05) is 41.4 Å². The highest BCUT2D eigenvalue weighted by Gasteiger charge is 2.36. The molecule has 6 heteroatoms. The second-order valence-electron chi connectivity index (χ2n) is 2.29. The Kier molecular flexibility index (Phi) is 5.07. The molecule has 0 bridgehead atoms. The molecule has 0 amide bonds. The highest BCUT2D eigenvalue weighted by atomic mass is 35.6. The molecule has 0 saturated heterocycles. The van der Waals surface area contributed by atoms with Crippen LogP contribution in [0.1, 0.15) is 6.92 Å². The quantitative estimate of drug-likeness (QED) is 0.333. The third kappa shape index (κ3) is 4.72. The summed E-state index contributed by atoms with van der Waals surface area (Å²) in [6, 6.07) is 0. The molecule has 0 fully saturated rings. The zero-order valence-corrected chi connectivity index (χ0v) is 9.41. The molecule has 3 nitrogen and oxygen atoms in total. The number of ether oxygens (including phenoxy) is 2. The van der Waals surface area contributed by atoms with Crippen LogP contribution >= 0.6 is 34.8 Å². The Hall–Kier alpha value is 0.0400. The fourth-order valence-corrected chi connectivity index (χ4v) is 0.847. The summed E-state index contributed by atoms with van der Waals surface area (Å²) in [5.74, 6) is -0.668.